The highest BCUT2D eigenvalue weighted by Gasteiger charge is 2.08. The summed E-state index contributed by atoms with van der Waals surface area (Å²) in [6.45, 7) is 1.53. The minimum absolute atomic E-state index is 0.0151. The first-order chi connectivity index (χ1) is 7.24. The summed E-state index contributed by atoms with van der Waals surface area (Å²) in [7, 11) is 3.69. The summed E-state index contributed by atoms with van der Waals surface area (Å²) in [6, 6.07) is 10.4. The minimum Gasteiger partial charge on any atom is -0.382 e. The molecule has 1 unspecified atom stereocenters. The van der Waals surface area contributed by atoms with Crippen LogP contribution in [0.5, 0.6) is 0 Å². The number of hydrogen-bond donors (Lipinski definition) is 1. The molecule has 3 heteroatoms. The third-order valence-electron chi connectivity index (χ3n) is 2.50. The number of rotatable bonds is 6. The lowest BCUT2D eigenvalue weighted by molar-refractivity contribution is 0.110. The Morgan fingerprint density at radius 3 is 2.60 bits per heavy atom. The van der Waals surface area contributed by atoms with E-state index in [1.165, 1.54) is 5.56 Å². The molecular weight excluding hydrogens is 188 g/mol. The summed E-state index contributed by atoms with van der Waals surface area (Å²) in [4.78, 5) is 2.11. The Morgan fingerprint density at radius 2 is 2.00 bits per heavy atom. The Balaban J connectivity index is 2.31. The number of likely N-dealkylation sites (N-methyl/N-ethyl adjacent to an activating group) is 1. The van der Waals surface area contributed by atoms with Crippen molar-refractivity contribution < 1.29 is 4.74 Å². The van der Waals surface area contributed by atoms with Gasteiger partial charge in [0, 0.05) is 13.7 Å². The smallest absolute Gasteiger partial charge is 0.0810 e. The number of methoxy groups -OCH3 is 1. The zero-order valence-corrected chi connectivity index (χ0v) is 9.52. The van der Waals surface area contributed by atoms with Crippen LogP contribution in [0.4, 0.5) is 0 Å². The molecule has 0 aliphatic heterocycles. The van der Waals surface area contributed by atoms with E-state index in [0.29, 0.717) is 6.61 Å². The van der Waals surface area contributed by atoms with Crippen LogP contribution >= 0.6 is 0 Å². The van der Waals surface area contributed by atoms with E-state index in [2.05, 4.69) is 29.2 Å². The van der Waals surface area contributed by atoms with E-state index in [1.807, 2.05) is 13.1 Å². The second kappa shape index (κ2) is 6.56. The monoisotopic (exact) mass is 208 g/mol. The molecule has 0 saturated heterocycles. The van der Waals surface area contributed by atoms with Gasteiger partial charge in [0.1, 0.15) is 0 Å². The summed E-state index contributed by atoms with van der Waals surface area (Å²) in [5.41, 5.74) is 7.23. The molecule has 0 aliphatic carbocycles. The average molecular weight is 208 g/mol. The van der Waals surface area contributed by atoms with Crippen LogP contribution in [-0.2, 0) is 11.2 Å². The molecule has 1 atom stereocenters. The quantitative estimate of drug-likeness (QED) is 0.711. The summed E-state index contributed by atoms with van der Waals surface area (Å²) in [5.74, 6) is 0. The second-order valence-electron chi connectivity index (χ2n) is 3.74. The predicted molar refractivity (Wildman–Crippen MR) is 62.6 cm³/mol. The molecule has 0 fully saturated rings. The minimum atomic E-state index is -0.0151. The molecule has 3 nitrogen and oxygen atoms in total. The van der Waals surface area contributed by atoms with Gasteiger partial charge in [0.2, 0.25) is 0 Å². The first-order valence-corrected chi connectivity index (χ1v) is 5.22. The van der Waals surface area contributed by atoms with Crippen molar-refractivity contribution in [1.29, 1.82) is 0 Å². The van der Waals surface area contributed by atoms with Crippen LogP contribution in [0.25, 0.3) is 0 Å². The van der Waals surface area contributed by atoms with Gasteiger partial charge >= 0.3 is 0 Å². The third-order valence-corrected chi connectivity index (χ3v) is 2.50. The van der Waals surface area contributed by atoms with E-state index in [9.17, 15) is 0 Å². The Bertz CT molecular complexity index is 264. The van der Waals surface area contributed by atoms with Gasteiger partial charge in [0.15, 0.2) is 0 Å². The van der Waals surface area contributed by atoms with Gasteiger partial charge in [-0.25, -0.2) is 0 Å². The number of benzene rings is 1. The van der Waals surface area contributed by atoms with E-state index < -0.39 is 0 Å². The van der Waals surface area contributed by atoms with Crippen molar-refractivity contribution in [3.63, 3.8) is 0 Å². The molecule has 0 amide bonds. The maximum atomic E-state index is 5.89. The van der Waals surface area contributed by atoms with Crippen molar-refractivity contribution >= 4 is 0 Å². The standard InChI is InChI=1S/C12H20N2O/c1-14(12(13)10-15-2)9-8-11-6-4-3-5-7-11/h3-7,12H,8-10,13H2,1-2H3. The summed E-state index contributed by atoms with van der Waals surface area (Å²) >= 11 is 0. The Morgan fingerprint density at radius 1 is 1.33 bits per heavy atom. The van der Waals surface area contributed by atoms with Crippen molar-refractivity contribution in [3.05, 3.63) is 35.9 Å². The van der Waals surface area contributed by atoms with E-state index >= 15 is 0 Å². The molecule has 0 saturated carbocycles. The van der Waals surface area contributed by atoms with Gasteiger partial charge in [-0.3, -0.25) is 4.90 Å². The summed E-state index contributed by atoms with van der Waals surface area (Å²) < 4.78 is 5.01. The third kappa shape index (κ3) is 4.42. The molecule has 2 N–H and O–H groups in total. The zero-order valence-electron chi connectivity index (χ0n) is 9.52. The average Bonchev–Trinajstić information content (AvgIpc) is 2.27. The molecule has 84 valence electrons. The molecule has 0 bridgehead atoms. The van der Waals surface area contributed by atoms with Crippen LogP contribution in [0, 0.1) is 0 Å². The van der Waals surface area contributed by atoms with Gasteiger partial charge in [0.25, 0.3) is 0 Å². The van der Waals surface area contributed by atoms with Gasteiger partial charge in [-0.15, -0.1) is 0 Å². The van der Waals surface area contributed by atoms with Crippen LogP contribution < -0.4 is 5.73 Å². The van der Waals surface area contributed by atoms with Crippen LogP contribution in [0.15, 0.2) is 30.3 Å². The highest BCUT2D eigenvalue weighted by Crippen LogP contribution is 2.01. The SMILES string of the molecule is COCC(N)N(C)CCc1ccccc1. The lowest BCUT2D eigenvalue weighted by Gasteiger charge is -2.23. The van der Waals surface area contributed by atoms with Crippen molar-refractivity contribution in [2.24, 2.45) is 5.73 Å². The number of ether oxygens (including phenoxy) is 1. The second-order valence-corrected chi connectivity index (χ2v) is 3.74. The van der Waals surface area contributed by atoms with Crippen LogP contribution in [-0.4, -0.2) is 38.4 Å². The largest absolute Gasteiger partial charge is 0.382 e. The van der Waals surface area contributed by atoms with Crippen molar-refractivity contribution in [2.45, 2.75) is 12.6 Å². The van der Waals surface area contributed by atoms with E-state index in [4.69, 9.17) is 10.5 Å². The van der Waals surface area contributed by atoms with Crippen LogP contribution in [0.2, 0.25) is 0 Å². The summed E-state index contributed by atoms with van der Waals surface area (Å²) in [5, 5.41) is 0. The zero-order chi connectivity index (χ0) is 11.1. The van der Waals surface area contributed by atoms with E-state index in [-0.39, 0.29) is 6.17 Å². The summed E-state index contributed by atoms with van der Waals surface area (Å²) in [6.07, 6.45) is 1.01. The highest BCUT2D eigenvalue weighted by molar-refractivity contribution is 5.14. The lowest BCUT2D eigenvalue weighted by Crippen LogP contribution is -2.43. The van der Waals surface area contributed by atoms with Crippen molar-refractivity contribution in [1.82, 2.24) is 4.90 Å². The van der Waals surface area contributed by atoms with Gasteiger partial charge in [0.05, 0.1) is 12.8 Å². The number of nitrogens with zero attached hydrogens (tertiary/aromatic N) is 1. The van der Waals surface area contributed by atoms with Gasteiger partial charge < -0.3 is 10.5 Å². The van der Waals surface area contributed by atoms with Gasteiger partial charge in [-0.2, -0.15) is 0 Å². The fourth-order valence-corrected chi connectivity index (χ4v) is 1.41. The molecule has 0 aliphatic rings. The normalized spacial score (nSPS) is 13.1. The molecular formula is C12H20N2O. The maximum absolute atomic E-state index is 5.89. The van der Waals surface area contributed by atoms with Crippen LogP contribution in [0.3, 0.4) is 0 Å². The first kappa shape index (κ1) is 12.2. The topological polar surface area (TPSA) is 38.5 Å². The lowest BCUT2D eigenvalue weighted by atomic mass is 10.1. The Kier molecular flexibility index (Phi) is 5.32. The molecule has 0 aromatic heterocycles. The molecule has 15 heavy (non-hydrogen) atoms. The molecule has 1 aromatic carbocycles. The Hall–Kier alpha value is -0.900. The fourth-order valence-electron chi connectivity index (χ4n) is 1.41. The van der Waals surface area contributed by atoms with E-state index in [1.54, 1.807) is 7.11 Å². The molecule has 0 heterocycles. The van der Waals surface area contributed by atoms with Gasteiger partial charge in [-0.1, -0.05) is 30.3 Å². The fraction of sp³-hybridized carbons (Fsp3) is 0.500. The number of nitrogens with two attached hydrogens (primary N) is 1. The predicted octanol–water partition coefficient (Wildman–Crippen LogP) is 1.09. The molecule has 0 radical (unpaired) electrons. The molecule has 0 spiro atoms. The van der Waals surface area contributed by atoms with Crippen LogP contribution in [0.1, 0.15) is 5.56 Å². The van der Waals surface area contributed by atoms with E-state index in [0.717, 1.165) is 13.0 Å². The number of hydrogen-bond acceptors (Lipinski definition) is 3. The maximum Gasteiger partial charge on any atom is 0.0810 e. The molecule has 1 rings (SSSR count). The van der Waals surface area contributed by atoms with Crippen molar-refractivity contribution in [2.75, 3.05) is 27.3 Å². The van der Waals surface area contributed by atoms with Crippen molar-refractivity contribution in [3.8, 4) is 0 Å². The first-order valence-electron chi connectivity index (χ1n) is 5.22. The molecule has 1 aromatic rings. The highest BCUT2D eigenvalue weighted by atomic mass is 16.5. The Labute approximate surface area is 91.8 Å². The van der Waals surface area contributed by atoms with Gasteiger partial charge in [-0.05, 0) is 19.0 Å².